The molecule has 1 unspecified atom stereocenters. The molecule has 1 heterocycles. The van der Waals surface area contributed by atoms with Crippen molar-refractivity contribution in [1.29, 1.82) is 0 Å². The number of rotatable bonds is 21. The van der Waals surface area contributed by atoms with Crippen molar-refractivity contribution >= 4 is 11.8 Å². The summed E-state index contributed by atoms with van der Waals surface area (Å²) in [4.78, 5) is 15.7. The first-order chi connectivity index (χ1) is 15.1. The Labute approximate surface area is 191 Å². The first-order valence-electron chi connectivity index (χ1n) is 12.8. The number of hydrogen-bond acceptors (Lipinski definition) is 3. The maximum atomic E-state index is 11.3. The van der Waals surface area contributed by atoms with Crippen molar-refractivity contribution in [2.24, 2.45) is 10.7 Å². The van der Waals surface area contributed by atoms with Crippen LogP contribution in [0.2, 0.25) is 0 Å². The number of hydrogen-bond donors (Lipinski definition) is 2. The van der Waals surface area contributed by atoms with Crippen molar-refractivity contribution in [2.75, 3.05) is 19.6 Å². The molecule has 1 aliphatic rings. The van der Waals surface area contributed by atoms with Gasteiger partial charge in [-0.15, -0.1) is 0 Å². The minimum absolute atomic E-state index is 0.0423. The van der Waals surface area contributed by atoms with E-state index < -0.39 is 5.97 Å². The van der Waals surface area contributed by atoms with E-state index in [4.69, 9.17) is 5.73 Å². The molecule has 0 aromatic rings. The van der Waals surface area contributed by atoms with E-state index in [0.717, 1.165) is 18.7 Å². The van der Waals surface area contributed by atoms with Crippen LogP contribution < -0.4 is 5.73 Å². The number of unbranched alkanes of at least 4 members (excludes halogenated alkanes) is 13. The summed E-state index contributed by atoms with van der Waals surface area (Å²) in [7, 11) is 0. The Hall–Kier alpha value is -1.46. The van der Waals surface area contributed by atoms with Crippen molar-refractivity contribution < 1.29 is 14.4 Å². The standard InChI is InChI=1S/C26H47N3O2/c1-2-3-4-5-6-7-8-9-10-11-12-13-14-15-16-17-18-19-25-28-21-23-29(25,22-20-27)24-26(30)31/h8-9,21,23H,2-7,10-20,22,24,27H2,1H3/p+1/b9-8+. The van der Waals surface area contributed by atoms with Crippen LogP contribution in [0.4, 0.5) is 0 Å². The number of amidine groups is 1. The Morgan fingerprint density at radius 1 is 0.935 bits per heavy atom. The Bertz CT molecular complexity index is 557. The third kappa shape index (κ3) is 12.9. The first kappa shape index (κ1) is 27.6. The quantitative estimate of drug-likeness (QED) is 0.122. The van der Waals surface area contributed by atoms with E-state index >= 15 is 0 Å². The predicted octanol–water partition coefficient (Wildman–Crippen LogP) is 6.55. The van der Waals surface area contributed by atoms with E-state index in [1.165, 1.54) is 89.9 Å². The van der Waals surface area contributed by atoms with Crippen LogP contribution in [0.5, 0.6) is 0 Å². The molecular weight excluding hydrogens is 386 g/mol. The lowest BCUT2D eigenvalue weighted by atomic mass is 10.1. The van der Waals surface area contributed by atoms with E-state index in [-0.39, 0.29) is 6.54 Å². The zero-order valence-electron chi connectivity index (χ0n) is 20.1. The summed E-state index contributed by atoms with van der Waals surface area (Å²) in [6.45, 7) is 3.38. The van der Waals surface area contributed by atoms with Gasteiger partial charge in [0, 0.05) is 13.0 Å². The molecule has 178 valence electrons. The summed E-state index contributed by atoms with van der Waals surface area (Å²) in [5, 5.41) is 9.25. The smallest absolute Gasteiger partial charge is 0.360 e. The highest BCUT2D eigenvalue weighted by Gasteiger charge is 2.36. The highest BCUT2D eigenvalue weighted by atomic mass is 16.4. The van der Waals surface area contributed by atoms with Crippen LogP contribution >= 0.6 is 0 Å². The number of aliphatic imine (C=N–C) groups is 1. The third-order valence-electron chi connectivity index (χ3n) is 6.20. The van der Waals surface area contributed by atoms with Gasteiger partial charge in [-0.2, -0.15) is 0 Å². The second-order valence-electron chi connectivity index (χ2n) is 8.98. The van der Waals surface area contributed by atoms with Gasteiger partial charge in [-0.05, 0) is 32.1 Å². The van der Waals surface area contributed by atoms with Crippen LogP contribution in [0.15, 0.2) is 29.5 Å². The van der Waals surface area contributed by atoms with Crippen molar-refractivity contribution in [3.8, 4) is 0 Å². The largest absolute Gasteiger partial charge is 0.477 e. The molecule has 0 spiro atoms. The Balaban J connectivity index is 1.97. The Morgan fingerprint density at radius 3 is 2.03 bits per heavy atom. The number of nitrogens with two attached hydrogens (primary N) is 1. The second-order valence-corrected chi connectivity index (χ2v) is 8.98. The Morgan fingerprint density at radius 2 is 1.48 bits per heavy atom. The van der Waals surface area contributed by atoms with E-state index in [0.29, 0.717) is 17.6 Å². The predicted molar refractivity (Wildman–Crippen MR) is 132 cm³/mol. The van der Waals surface area contributed by atoms with Crippen LogP contribution in [-0.2, 0) is 4.79 Å². The fourth-order valence-corrected chi connectivity index (χ4v) is 4.34. The molecule has 3 N–H and O–H groups in total. The van der Waals surface area contributed by atoms with Gasteiger partial charge in [-0.3, -0.25) is 0 Å². The van der Waals surface area contributed by atoms with Crippen molar-refractivity contribution in [1.82, 2.24) is 0 Å². The van der Waals surface area contributed by atoms with Gasteiger partial charge in [-0.25, -0.2) is 14.3 Å². The fourth-order valence-electron chi connectivity index (χ4n) is 4.34. The zero-order chi connectivity index (χ0) is 22.6. The monoisotopic (exact) mass is 434 g/mol. The average Bonchev–Trinajstić information content (AvgIpc) is 3.11. The molecule has 0 amide bonds. The summed E-state index contributed by atoms with van der Waals surface area (Å²) in [5.74, 6) is 0.160. The molecule has 0 aromatic carbocycles. The minimum Gasteiger partial charge on any atom is -0.477 e. The van der Waals surface area contributed by atoms with Crippen LogP contribution in [-0.4, -0.2) is 41.0 Å². The summed E-state index contributed by atoms with van der Waals surface area (Å²) < 4.78 is 0.305. The molecule has 1 rings (SSSR count). The zero-order valence-corrected chi connectivity index (χ0v) is 20.1. The fraction of sp³-hybridized carbons (Fsp3) is 0.769. The molecule has 1 aliphatic heterocycles. The molecule has 0 aliphatic carbocycles. The van der Waals surface area contributed by atoms with Crippen LogP contribution in [0.3, 0.4) is 0 Å². The maximum absolute atomic E-state index is 11.3. The molecule has 31 heavy (non-hydrogen) atoms. The van der Waals surface area contributed by atoms with Gasteiger partial charge in [0.25, 0.3) is 0 Å². The highest BCUT2D eigenvalue weighted by molar-refractivity contribution is 5.81. The molecule has 0 bridgehead atoms. The highest BCUT2D eigenvalue weighted by Crippen LogP contribution is 2.21. The van der Waals surface area contributed by atoms with Crippen LogP contribution in [0, 0.1) is 0 Å². The van der Waals surface area contributed by atoms with Crippen molar-refractivity contribution in [2.45, 2.75) is 110 Å². The average molecular weight is 435 g/mol. The molecule has 0 saturated carbocycles. The van der Waals surface area contributed by atoms with Crippen LogP contribution in [0.1, 0.15) is 110 Å². The van der Waals surface area contributed by atoms with Gasteiger partial charge >= 0.3 is 5.97 Å². The number of carboxylic acid groups (broad SMARTS) is 1. The number of nitrogens with zero attached hydrogens (tertiary/aromatic N) is 2. The Kier molecular flexibility index (Phi) is 16.1. The van der Waals surface area contributed by atoms with Crippen molar-refractivity contribution in [3.63, 3.8) is 0 Å². The van der Waals surface area contributed by atoms with Crippen molar-refractivity contribution in [3.05, 3.63) is 24.6 Å². The van der Waals surface area contributed by atoms with E-state index in [2.05, 4.69) is 24.1 Å². The number of carbonyl (C=O) groups is 1. The summed E-state index contributed by atoms with van der Waals surface area (Å²) in [6.07, 6.45) is 28.8. The number of allylic oxidation sites excluding steroid dienone is 2. The summed E-state index contributed by atoms with van der Waals surface area (Å²) >= 11 is 0. The summed E-state index contributed by atoms with van der Waals surface area (Å²) in [6, 6.07) is 0. The lowest BCUT2D eigenvalue weighted by Gasteiger charge is -2.30. The number of carboxylic acids is 1. The molecule has 1 atom stereocenters. The molecule has 0 aromatic heterocycles. The van der Waals surface area contributed by atoms with Gasteiger partial charge < -0.3 is 10.8 Å². The molecule has 5 heteroatoms. The van der Waals surface area contributed by atoms with E-state index in [9.17, 15) is 9.90 Å². The molecule has 0 radical (unpaired) electrons. The molecule has 5 nitrogen and oxygen atoms in total. The lowest BCUT2D eigenvalue weighted by molar-refractivity contribution is -0.778. The third-order valence-corrected chi connectivity index (χ3v) is 6.20. The van der Waals surface area contributed by atoms with Gasteiger partial charge in [0.05, 0.1) is 6.20 Å². The van der Waals surface area contributed by atoms with Gasteiger partial charge in [0.2, 0.25) is 5.84 Å². The first-order valence-corrected chi connectivity index (χ1v) is 12.8. The van der Waals surface area contributed by atoms with Crippen LogP contribution in [0.25, 0.3) is 0 Å². The maximum Gasteiger partial charge on any atom is 0.360 e. The molecule has 0 saturated heterocycles. The summed E-state index contributed by atoms with van der Waals surface area (Å²) in [5.41, 5.74) is 5.73. The van der Waals surface area contributed by atoms with E-state index in [1.807, 2.05) is 6.20 Å². The van der Waals surface area contributed by atoms with Gasteiger partial charge in [-0.1, -0.05) is 83.3 Å². The van der Waals surface area contributed by atoms with Gasteiger partial charge in [0.1, 0.15) is 12.7 Å². The number of quaternary nitrogens is 1. The number of aliphatic carboxylic acids is 1. The van der Waals surface area contributed by atoms with Gasteiger partial charge in [0.15, 0.2) is 6.54 Å². The molecular formula is C26H48N3O2+. The topological polar surface area (TPSA) is 75.7 Å². The van der Waals surface area contributed by atoms with E-state index in [1.54, 1.807) is 6.20 Å². The second kappa shape index (κ2) is 18.1. The normalized spacial score (nSPS) is 18.2. The minimum atomic E-state index is -0.800. The molecule has 0 fully saturated rings. The lowest BCUT2D eigenvalue weighted by Crippen LogP contribution is -2.52. The SMILES string of the molecule is CCCCCCC/C=C/CCCCCCCCCCC1=NC=C[N+]1(CCN)CC(=O)O.